The van der Waals surface area contributed by atoms with Crippen molar-refractivity contribution in [2.75, 3.05) is 39.3 Å². The molecule has 3 amide bonds. The highest BCUT2D eigenvalue weighted by molar-refractivity contribution is 6.00. The molecule has 3 aliphatic rings. The lowest BCUT2D eigenvalue weighted by atomic mass is 9.68. The predicted octanol–water partition coefficient (Wildman–Crippen LogP) is 5.63. The first-order valence-electron chi connectivity index (χ1n) is 17.8. The Balaban J connectivity index is 1.23. The van der Waals surface area contributed by atoms with Crippen LogP contribution in [0.2, 0.25) is 0 Å². The normalized spacial score (nSPS) is 21.9. The lowest BCUT2D eigenvalue weighted by Crippen LogP contribution is -2.56. The van der Waals surface area contributed by atoms with Crippen molar-refractivity contribution in [3.05, 3.63) is 108 Å². The number of carbonyl (C=O) groups excluding carboxylic acids is 3. The Labute approximate surface area is 280 Å². The van der Waals surface area contributed by atoms with Crippen molar-refractivity contribution >= 4 is 17.7 Å². The van der Waals surface area contributed by atoms with Gasteiger partial charge in [0.1, 0.15) is 17.5 Å². The average Bonchev–Trinajstić information content (AvgIpc) is 3.83. The van der Waals surface area contributed by atoms with E-state index in [1.54, 1.807) is 4.90 Å². The van der Waals surface area contributed by atoms with Gasteiger partial charge < -0.3 is 20.0 Å². The molecule has 0 aliphatic carbocycles. The van der Waals surface area contributed by atoms with E-state index in [0.29, 0.717) is 38.4 Å². The van der Waals surface area contributed by atoms with Crippen molar-refractivity contribution in [3.63, 3.8) is 0 Å². The number of hydrogen-bond acceptors (Lipinski definition) is 4. The molecule has 3 heterocycles. The summed E-state index contributed by atoms with van der Waals surface area (Å²) in [5, 5.41) is 3.23. The fraction of sp³-hybridized carbons (Fsp3) is 0.475. The molecule has 3 aliphatic heterocycles. The molecule has 47 heavy (non-hydrogen) atoms. The Kier molecular flexibility index (Phi) is 10.7. The van der Waals surface area contributed by atoms with E-state index in [2.05, 4.69) is 17.1 Å². The van der Waals surface area contributed by atoms with Crippen LogP contribution in [-0.2, 0) is 19.8 Å². The SMILES string of the molecule is CCCCN1CCC[C@H](CNC(=O)[C@H]2CCCN2C(=O)[C@@H]2CCCN2C(=O)C(c2ccccc2)(c2ccccc2)c2ccccc2)C1. The number of amides is 3. The van der Waals surface area contributed by atoms with Crippen LogP contribution in [0.1, 0.15) is 75.0 Å². The third kappa shape index (κ3) is 6.87. The van der Waals surface area contributed by atoms with Gasteiger partial charge in [0.15, 0.2) is 0 Å². The first-order valence-corrected chi connectivity index (χ1v) is 17.8. The minimum absolute atomic E-state index is 0.0513. The summed E-state index contributed by atoms with van der Waals surface area (Å²) in [5.41, 5.74) is 1.49. The summed E-state index contributed by atoms with van der Waals surface area (Å²) in [6.45, 7) is 7.23. The van der Waals surface area contributed by atoms with E-state index in [4.69, 9.17) is 0 Å². The lowest BCUT2D eigenvalue weighted by Gasteiger charge is -2.40. The summed E-state index contributed by atoms with van der Waals surface area (Å²) in [6.07, 6.45) is 7.49. The van der Waals surface area contributed by atoms with Gasteiger partial charge >= 0.3 is 0 Å². The summed E-state index contributed by atoms with van der Waals surface area (Å²) in [7, 11) is 0. The van der Waals surface area contributed by atoms with E-state index in [0.717, 1.165) is 55.6 Å². The molecule has 1 N–H and O–H groups in total. The number of benzene rings is 3. The Hall–Kier alpha value is -3.97. The molecule has 6 rings (SSSR count). The zero-order valence-electron chi connectivity index (χ0n) is 27.9. The third-order valence-corrected chi connectivity index (χ3v) is 10.6. The molecule has 0 radical (unpaired) electrons. The molecule has 3 aromatic rings. The van der Waals surface area contributed by atoms with Crippen LogP contribution < -0.4 is 5.32 Å². The molecule has 0 unspecified atom stereocenters. The molecule has 3 atom stereocenters. The molecule has 3 saturated heterocycles. The van der Waals surface area contributed by atoms with Crippen LogP contribution in [0, 0.1) is 5.92 Å². The number of piperidine rings is 1. The summed E-state index contributed by atoms with van der Waals surface area (Å²) in [5.74, 6) is 0.201. The fourth-order valence-electron chi connectivity index (χ4n) is 8.18. The van der Waals surface area contributed by atoms with E-state index >= 15 is 4.79 Å². The molecule has 248 valence electrons. The maximum Gasteiger partial charge on any atom is 0.246 e. The number of nitrogens with one attached hydrogen (secondary N) is 1. The van der Waals surface area contributed by atoms with Crippen LogP contribution in [0.3, 0.4) is 0 Å². The summed E-state index contributed by atoms with van der Waals surface area (Å²) < 4.78 is 0. The second kappa shape index (κ2) is 15.3. The van der Waals surface area contributed by atoms with Crippen molar-refractivity contribution in [3.8, 4) is 0 Å². The second-order valence-corrected chi connectivity index (χ2v) is 13.6. The van der Waals surface area contributed by atoms with Crippen LogP contribution in [0.15, 0.2) is 91.0 Å². The molecular weight excluding hydrogens is 584 g/mol. The van der Waals surface area contributed by atoms with Crippen LogP contribution in [0.25, 0.3) is 0 Å². The van der Waals surface area contributed by atoms with E-state index in [9.17, 15) is 9.59 Å². The fourth-order valence-corrected chi connectivity index (χ4v) is 8.18. The largest absolute Gasteiger partial charge is 0.354 e. The predicted molar refractivity (Wildman–Crippen MR) is 186 cm³/mol. The molecule has 0 bridgehead atoms. The van der Waals surface area contributed by atoms with Gasteiger partial charge in [-0.1, -0.05) is 104 Å². The van der Waals surface area contributed by atoms with Crippen LogP contribution in [-0.4, -0.2) is 83.8 Å². The summed E-state index contributed by atoms with van der Waals surface area (Å²) >= 11 is 0. The van der Waals surface area contributed by atoms with Crippen molar-refractivity contribution in [1.29, 1.82) is 0 Å². The molecule has 0 aromatic heterocycles. The first kappa shape index (κ1) is 33.0. The molecule has 0 spiro atoms. The highest BCUT2D eigenvalue weighted by Crippen LogP contribution is 2.42. The van der Waals surface area contributed by atoms with E-state index < -0.39 is 17.5 Å². The Morgan fingerprint density at radius 3 is 1.81 bits per heavy atom. The molecule has 3 fully saturated rings. The number of carbonyl (C=O) groups is 3. The number of nitrogens with zero attached hydrogens (tertiary/aromatic N) is 3. The first-order chi connectivity index (χ1) is 23.0. The quantitative estimate of drug-likeness (QED) is 0.278. The van der Waals surface area contributed by atoms with Gasteiger partial charge in [0, 0.05) is 26.2 Å². The minimum Gasteiger partial charge on any atom is -0.354 e. The zero-order chi connectivity index (χ0) is 32.6. The molecule has 7 nitrogen and oxygen atoms in total. The molecule has 0 saturated carbocycles. The highest BCUT2D eigenvalue weighted by Gasteiger charge is 2.51. The van der Waals surface area contributed by atoms with Crippen LogP contribution in [0.4, 0.5) is 0 Å². The van der Waals surface area contributed by atoms with Gasteiger partial charge in [-0.2, -0.15) is 0 Å². The number of likely N-dealkylation sites (tertiary alicyclic amines) is 3. The lowest BCUT2D eigenvalue weighted by molar-refractivity contribution is -0.147. The zero-order valence-corrected chi connectivity index (χ0v) is 27.9. The second-order valence-electron chi connectivity index (χ2n) is 13.6. The topological polar surface area (TPSA) is 73.0 Å². The molecule has 3 aromatic carbocycles. The minimum atomic E-state index is -1.13. The van der Waals surface area contributed by atoms with Gasteiger partial charge in [-0.3, -0.25) is 14.4 Å². The smallest absolute Gasteiger partial charge is 0.246 e. The van der Waals surface area contributed by atoms with Gasteiger partial charge in [0.05, 0.1) is 0 Å². The summed E-state index contributed by atoms with van der Waals surface area (Å²) in [6, 6.07) is 28.7. The number of unbranched alkanes of at least 4 members (excludes halogenated alkanes) is 1. The molecular formula is C40H50N4O3. The van der Waals surface area contributed by atoms with E-state index in [-0.39, 0.29) is 17.7 Å². The van der Waals surface area contributed by atoms with Crippen molar-refractivity contribution in [1.82, 2.24) is 20.0 Å². The van der Waals surface area contributed by atoms with E-state index in [1.165, 1.54) is 19.3 Å². The van der Waals surface area contributed by atoms with Gasteiger partial charge in [0.25, 0.3) is 0 Å². The Morgan fingerprint density at radius 2 is 1.23 bits per heavy atom. The maximum absolute atomic E-state index is 15.3. The maximum atomic E-state index is 15.3. The summed E-state index contributed by atoms with van der Waals surface area (Å²) in [4.78, 5) is 49.4. The van der Waals surface area contributed by atoms with Gasteiger partial charge in [0.2, 0.25) is 17.7 Å². The van der Waals surface area contributed by atoms with Crippen molar-refractivity contribution in [2.24, 2.45) is 5.92 Å². The Bertz CT molecular complexity index is 1380. The van der Waals surface area contributed by atoms with Crippen molar-refractivity contribution in [2.45, 2.75) is 75.8 Å². The Morgan fingerprint density at radius 1 is 0.702 bits per heavy atom. The monoisotopic (exact) mass is 634 g/mol. The van der Waals surface area contributed by atoms with Gasteiger partial charge in [-0.05, 0) is 80.6 Å². The highest BCUT2D eigenvalue weighted by atomic mass is 16.2. The standard InChI is InChI=1S/C40H50N4O3/c1-2-3-25-42-26-13-16-31(30-42)29-41-37(45)35-23-14-27-43(35)38(46)36-24-15-28-44(36)39(47)40(32-17-7-4-8-18-32,33-19-9-5-10-20-33)34-21-11-6-12-22-34/h4-12,17-22,31,35-36H,2-3,13-16,23-30H2,1H3,(H,41,45)/t31-,35-,36+/m1/s1. The number of hydrogen-bond donors (Lipinski definition) is 1. The van der Waals surface area contributed by atoms with E-state index in [1.807, 2.05) is 95.9 Å². The molecule has 7 heteroatoms. The van der Waals surface area contributed by atoms with Gasteiger partial charge in [-0.15, -0.1) is 0 Å². The average molecular weight is 635 g/mol. The van der Waals surface area contributed by atoms with Crippen molar-refractivity contribution < 1.29 is 14.4 Å². The number of rotatable bonds is 11. The third-order valence-electron chi connectivity index (χ3n) is 10.6. The van der Waals surface area contributed by atoms with Gasteiger partial charge in [-0.25, -0.2) is 0 Å². The van der Waals surface area contributed by atoms with Crippen LogP contribution >= 0.6 is 0 Å². The van der Waals surface area contributed by atoms with Crippen LogP contribution in [0.5, 0.6) is 0 Å².